The molecule has 25 heavy (non-hydrogen) atoms. The summed E-state index contributed by atoms with van der Waals surface area (Å²) in [4.78, 5) is 34.6. The number of urea groups is 1. The van der Waals surface area contributed by atoms with Gasteiger partial charge in [0.05, 0.1) is 17.9 Å². The molecule has 0 aromatic heterocycles. The van der Waals surface area contributed by atoms with Gasteiger partial charge in [-0.25, -0.2) is 9.59 Å². The fourth-order valence-corrected chi connectivity index (χ4v) is 1.94. The highest BCUT2D eigenvalue weighted by Crippen LogP contribution is 2.18. The summed E-state index contributed by atoms with van der Waals surface area (Å²) in [5.41, 5.74) is 6.23. The lowest BCUT2D eigenvalue weighted by Crippen LogP contribution is -2.22. The maximum atomic E-state index is 12.0. The van der Waals surface area contributed by atoms with Gasteiger partial charge in [-0.05, 0) is 43.3 Å². The third-order valence-electron chi connectivity index (χ3n) is 3.02. The first-order valence-electron chi connectivity index (χ1n) is 7.41. The highest BCUT2D eigenvalue weighted by molar-refractivity contribution is 6.06. The molecule has 0 heterocycles. The lowest BCUT2D eigenvalue weighted by molar-refractivity contribution is 0.0999. The van der Waals surface area contributed by atoms with Crippen LogP contribution >= 0.6 is 0 Å². The summed E-state index contributed by atoms with van der Waals surface area (Å²) in [7, 11) is 0. The fraction of sp³-hybridized carbons (Fsp3) is 0.118. The molecule has 0 aliphatic carbocycles. The second kappa shape index (κ2) is 8.34. The van der Waals surface area contributed by atoms with Crippen LogP contribution in [0, 0.1) is 0 Å². The van der Waals surface area contributed by atoms with E-state index in [-0.39, 0.29) is 17.9 Å². The van der Waals surface area contributed by atoms with Crippen LogP contribution in [0.25, 0.3) is 0 Å². The van der Waals surface area contributed by atoms with E-state index < -0.39 is 18.1 Å². The van der Waals surface area contributed by atoms with E-state index in [1.165, 1.54) is 18.2 Å². The minimum absolute atomic E-state index is 0.204. The molecule has 3 amide bonds. The molecular weight excluding hydrogens is 326 g/mol. The van der Waals surface area contributed by atoms with E-state index in [1.807, 2.05) is 0 Å². The van der Waals surface area contributed by atoms with E-state index in [1.54, 1.807) is 37.3 Å². The van der Waals surface area contributed by atoms with Crippen molar-refractivity contribution in [2.24, 2.45) is 5.73 Å². The first kappa shape index (κ1) is 17.8. The molecule has 0 unspecified atom stereocenters. The number of ether oxygens (including phenoxy) is 2. The summed E-state index contributed by atoms with van der Waals surface area (Å²) in [6.45, 7) is 1.88. The van der Waals surface area contributed by atoms with E-state index in [0.29, 0.717) is 11.4 Å². The van der Waals surface area contributed by atoms with Crippen LogP contribution in [-0.4, -0.2) is 24.7 Å². The molecule has 2 aromatic carbocycles. The van der Waals surface area contributed by atoms with Crippen LogP contribution < -0.4 is 21.1 Å². The zero-order valence-electron chi connectivity index (χ0n) is 13.4. The maximum absolute atomic E-state index is 12.0. The van der Waals surface area contributed by atoms with Gasteiger partial charge in [-0.15, -0.1) is 0 Å². The van der Waals surface area contributed by atoms with E-state index in [0.717, 1.165) is 0 Å². The fourth-order valence-electron chi connectivity index (χ4n) is 1.94. The lowest BCUT2D eigenvalue weighted by Gasteiger charge is -2.10. The topological polar surface area (TPSA) is 120 Å². The van der Waals surface area contributed by atoms with Gasteiger partial charge in [0.15, 0.2) is 0 Å². The van der Waals surface area contributed by atoms with Crippen LogP contribution in [0.15, 0.2) is 48.5 Å². The molecule has 0 aliphatic rings. The molecule has 8 heteroatoms. The number of nitrogens with one attached hydrogen (secondary N) is 2. The average Bonchev–Trinajstić information content (AvgIpc) is 2.57. The number of anilines is 2. The number of para-hydroxylation sites is 1. The van der Waals surface area contributed by atoms with Crippen molar-refractivity contribution >= 4 is 29.5 Å². The van der Waals surface area contributed by atoms with Gasteiger partial charge in [0.25, 0.3) is 5.91 Å². The zero-order chi connectivity index (χ0) is 18.2. The van der Waals surface area contributed by atoms with Gasteiger partial charge in [-0.3, -0.25) is 4.79 Å². The molecule has 0 bridgehead atoms. The average molecular weight is 343 g/mol. The largest absolute Gasteiger partial charge is 0.513 e. The van der Waals surface area contributed by atoms with Gasteiger partial charge in [-0.2, -0.15) is 0 Å². The molecule has 0 saturated heterocycles. The summed E-state index contributed by atoms with van der Waals surface area (Å²) >= 11 is 0. The van der Waals surface area contributed by atoms with Crippen LogP contribution in [0.3, 0.4) is 0 Å². The smallest absolute Gasteiger partial charge is 0.434 e. The quantitative estimate of drug-likeness (QED) is 0.569. The monoisotopic (exact) mass is 343 g/mol. The number of rotatable bonds is 5. The molecule has 0 radical (unpaired) electrons. The Labute approximate surface area is 143 Å². The van der Waals surface area contributed by atoms with Crippen molar-refractivity contribution in [3.05, 3.63) is 54.1 Å². The van der Waals surface area contributed by atoms with Crippen LogP contribution in [0.1, 0.15) is 17.3 Å². The van der Waals surface area contributed by atoms with E-state index >= 15 is 0 Å². The van der Waals surface area contributed by atoms with E-state index in [4.69, 9.17) is 10.5 Å². The molecule has 2 aromatic rings. The number of nitrogens with two attached hydrogens (primary N) is 1. The number of carbonyl (C=O) groups is 3. The summed E-state index contributed by atoms with van der Waals surface area (Å²) in [6, 6.07) is 12.0. The van der Waals surface area contributed by atoms with E-state index in [9.17, 15) is 14.4 Å². The summed E-state index contributed by atoms with van der Waals surface area (Å²) in [6.07, 6.45) is -0.802. The van der Waals surface area contributed by atoms with E-state index in [2.05, 4.69) is 15.4 Å². The molecule has 0 spiro atoms. The summed E-state index contributed by atoms with van der Waals surface area (Å²) in [5.74, 6) is -0.361. The Morgan fingerprint density at radius 2 is 1.68 bits per heavy atom. The number of amides is 3. The van der Waals surface area contributed by atoms with Crippen molar-refractivity contribution in [3.8, 4) is 5.75 Å². The molecule has 0 aliphatic heterocycles. The van der Waals surface area contributed by atoms with Crippen LogP contribution in [0.4, 0.5) is 21.0 Å². The second-order valence-electron chi connectivity index (χ2n) is 4.80. The first-order valence-corrected chi connectivity index (χ1v) is 7.41. The molecule has 2 rings (SSSR count). The normalized spacial score (nSPS) is 9.80. The van der Waals surface area contributed by atoms with Crippen molar-refractivity contribution in [1.82, 2.24) is 0 Å². The Morgan fingerprint density at radius 1 is 1.00 bits per heavy atom. The Balaban J connectivity index is 1.97. The van der Waals surface area contributed by atoms with Gasteiger partial charge in [0.2, 0.25) is 0 Å². The SMILES string of the molecule is CCOC(=O)Oc1ccc(NC(=O)Nc2ccccc2C(N)=O)cc1. The van der Waals surface area contributed by atoms with Crippen LogP contribution in [-0.2, 0) is 4.74 Å². The Hall–Kier alpha value is -3.55. The Kier molecular flexibility index (Phi) is 5.94. The van der Waals surface area contributed by atoms with Crippen LogP contribution in [0.5, 0.6) is 5.75 Å². The predicted octanol–water partition coefficient (Wildman–Crippen LogP) is 2.96. The van der Waals surface area contributed by atoms with Crippen molar-refractivity contribution in [3.63, 3.8) is 0 Å². The Morgan fingerprint density at radius 3 is 2.32 bits per heavy atom. The van der Waals surface area contributed by atoms with Gasteiger partial charge < -0.3 is 25.8 Å². The number of benzene rings is 2. The molecule has 8 nitrogen and oxygen atoms in total. The first-order chi connectivity index (χ1) is 12.0. The zero-order valence-corrected chi connectivity index (χ0v) is 13.4. The molecule has 0 saturated carbocycles. The standard InChI is InChI=1S/C17H17N3O5/c1-2-24-17(23)25-12-9-7-11(8-10-12)19-16(22)20-14-6-4-3-5-13(14)15(18)21/h3-10H,2H2,1H3,(H2,18,21)(H2,19,20,22). The molecular formula is C17H17N3O5. The number of hydrogen-bond acceptors (Lipinski definition) is 5. The summed E-state index contributed by atoms with van der Waals surface area (Å²) < 4.78 is 9.57. The predicted molar refractivity (Wildman–Crippen MR) is 91.7 cm³/mol. The van der Waals surface area contributed by atoms with Gasteiger partial charge in [0, 0.05) is 5.69 Å². The number of primary amides is 1. The van der Waals surface area contributed by atoms with Gasteiger partial charge >= 0.3 is 12.2 Å². The number of hydrogen-bond donors (Lipinski definition) is 3. The molecule has 4 N–H and O–H groups in total. The van der Waals surface area contributed by atoms with Gasteiger partial charge in [-0.1, -0.05) is 12.1 Å². The highest BCUT2D eigenvalue weighted by Gasteiger charge is 2.10. The van der Waals surface area contributed by atoms with Crippen molar-refractivity contribution in [2.45, 2.75) is 6.92 Å². The van der Waals surface area contributed by atoms with Crippen molar-refractivity contribution in [2.75, 3.05) is 17.2 Å². The minimum Gasteiger partial charge on any atom is -0.434 e. The highest BCUT2D eigenvalue weighted by atomic mass is 16.7. The Bertz CT molecular complexity index is 774. The summed E-state index contributed by atoms with van der Waals surface area (Å²) in [5, 5.41) is 5.14. The third-order valence-corrected chi connectivity index (χ3v) is 3.02. The lowest BCUT2D eigenvalue weighted by atomic mass is 10.1. The van der Waals surface area contributed by atoms with Crippen molar-refractivity contribution < 1.29 is 23.9 Å². The minimum atomic E-state index is -0.802. The van der Waals surface area contributed by atoms with Crippen molar-refractivity contribution in [1.29, 1.82) is 0 Å². The molecule has 130 valence electrons. The van der Waals surface area contributed by atoms with Crippen LogP contribution in [0.2, 0.25) is 0 Å². The third kappa shape index (κ3) is 5.24. The maximum Gasteiger partial charge on any atom is 0.513 e. The van der Waals surface area contributed by atoms with Gasteiger partial charge in [0.1, 0.15) is 5.75 Å². The second-order valence-corrected chi connectivity index (χ2v) is 4.80. The number of carbonyl (C=O) groups excluding carboxylic acids is 3. The molecule has 0 fully saturated rings. The molecule has 0 atom stereocenters.